The quantitative estimate of drug-likeness (QED) is 0.665. The second-order valence-electron chi connectivity index (χ2n) is 7.99. The Morgan fingerprint density at radius 3 is 2.85 bits per heavy atom. The molecule has 2 aliphatic rings. The van der Waals surface area contributed by atoms with Gasteiger partial charge in [-0.15, -0.1) is 0 Å². The highest BCUT2D eigenvalue weighted by Gasteiger charge is 2.27. The van der Waals surface area contributed by atoms with Crippen LogP contribution in [0.5, 0.6) is 0 Å². The Bertz CT molecular complexity index is 789. The van der Waals surface area contributed by atoms with Crippen LogP contribution in [0, 0.1) is 12.8 Å². The van der Waals surface area contributed by atoms with E-state index in [1.165, 1.54) is 51.0 Å². The van der Waals surface area contributed by atoms with E-state index < -0.39 is 0 Å². The van der Waals surface area contributed by atoms with Gasteiger partial charge < -0.3 is 19.5 Å². The van der Waals surface area contributed by atoms with Gasteiger partial charge in [-0.25, -0.2) is 4.98 Å². The lowest BCUT2D eigenvalue weighted by Gasteiger charge is -2.29. The van der Waals surface area contributed by atoms with Crippen molar-refractivity contribution in [3.63, 3.8) is 0 Å². The fourth-order valence-corrected chi connectivity index (χ4v) is 4.47. The van der Waals surface area contributed by atoms with E-state index in [-0.39, 0.29) is 0 Å². The van der Waals surface area contributed by atoms with Crippen molar-refractivity contribution in [1.82, 2.24) is 24.5 Å². The van der Waals surface area contributed by atoms with Crippen molar-refractivity contribution in [1.29, 1.82) is 0 Å². The molecule has 1 N–H and O–H groups in total. The third kappa shape index (κ3) is 4.26. The predicted octanol–water partition coefficient (Wildman–Crippen LogP) is 2.53. The molecule has 4 heterocycles. The van der Waals surface area contributed by atoms with Crippen LogP contribution < -0.4 is 5.32 Å². The lowest BCUT2D eigenvalue weighted by molar-refractivity contribution is 0.198. The molecule has 1 unspecified atom stereocenters. The maximum absolute atomic E-state index is 4.72. The van der Waals surface area contributed by atoms with Gasteiger partial charge in [-0.05, 0) is 57.3 Å². The number of fused-ring (bicyclic) bond motifs is 1. The molecule has 2 aromatic heterocycles. The molecule has 2 fully saturated rings. The number of aliphatic imine (C=N–C) groups is 1. The van der Waals surface area contributed by atoms with Crippen LogP contribution in [0.4, 0.5) is 0 Å². The molecule has 6 heteroatoms. The molecule has 0 radical (unpaired) electrons. The second kappa shape index (κ2) is 8.30. The molecule has 2 aliphatic heterocycles. The number of hydrogen-bond donors (Lipinski definition) is 1. The molecular formula is C21H32N6. The Hall–Kier alpha value is -2.08. The van der Waals surface area contributed by atoms with Crippen molar-refractivity contribution in [2.45, 2.75) is 39.2 Å². The minimum absolute atomic E-state index is 0.709. The number of rotatable bonds is 4. The Kier molecular flexibility index (Phi) is 5.62. The van der Waals surface area contributed by atoms with E-state index in [9.17, 15) is 0 Å². The number of pyridine rings is 1. The van der Waals surface area contributed by atoms with Gasteiger partial charge in [-0.1, -0.05) is 12.5 Å². The van der Waals surface area contributed by atoms with Crippen molar-refractivity contribution in [3.8, 4) is 0 Å². The van der Waals surface area contributed by atoms with Gasteiger partial charge in [0.25, 0.3) is 0 Å². The van der Waals surface area contributed by atoms with Gasteiger partial charge in [0.15, 0.2) is 5.96 Å². The van der Waals surface area contributed by atoms with Gasteiger partial charge in [0.05, 0.1) is 12.2 Å². The van der Waals surface area contributed by atoms with Crippen LogP contribution in [0.25, 0.3) is 5.65 Å². The molecule has 1 atom stereocenters. The van der Waals surface area contributed by atoms with Crippen LogP contribution in [-0.4, -0.2) is 64.9 Å². The summed E-state index contributed by atoms with van der Waals surface area (Å²) in [4.78, 5) is 14.3. The number of aryl methyl sites for hydroxylation is 1. The summed E-state index contributed by atoms with van der Waals surface area (Å²) in [5.74, 6) is 1.77. The number of imidazole rings is 1. The summed E-state index contributed by atoms with van der Waals surface area (Å²) < 4.78 is 2.14. The highest BCUT2D eigenvalue weighted by molar-refractivity contribution is 5.80. The molecule has 6 nitrogen and oxygen atoms in total. The van der Waals surface area contributed by atoms with Crippen LogP contribution in [0.3, 0.4) is 0 Å². The van der Waals surface area contributed by atoms with Gasteiger partial charge in [0.1, 0.15) is 5.65 Å². The van der Waals surface area contributed by atoms with E-state index in [4.69, 9.17) is 4.98 Å². The molecule has 0 aliphatic carbocycles. The minimum Gasteiger partial charge on any atom is -0.351 e. The van der Waals surface area contributed by atoms with E-state index in [0.717, 1.165) is 36.3 Å². The summed E-state index contributed by atoms with van der Waals surface area (Å²) in [6.07, 6.45) is 7.54. The average Bonchev–Trinajstić information content (AvgIpc) is 3.31. The molecule has 2 aromatic rings. The number of hydrogen-bond acceptors (Lipinski definition) is 3. The van der Waals surface area contributed by atoms with Crippen molar-refractivity contribution in [2.24, 2.45) is 10.9 Å². The van der Waals surface area contributed by atoms with Gasteiger partial charge >= 0.3 is 0 Å². The minimum atomic E-state index is 0.709. The average molecular weight is 369 g/mol. The van der Waals surface area contributed by atoms with Crippen LogP contribution in [0.15, 0.2) is 29.4 Å². The zero-order valence-electron chi connectivity index (χ0n) is 16.7. The molecule has 0 amide bonds. The third-order valence-corrected chi connectivity index (χ3v) is 5.94. The Balaban J connectivity index is 1.31. The van der Waals surface area contributed by atoms with E-state index in [1.807, 2.05) is 7.05 Å². The number of aromatic nitrogens is 2. The molecule has 0 aromatic carbocycles. The highest BCUT2D eigenvalue weighted by atomic mass is 15.3. The van der Waals surface area contributed by atoms with Crippen LogP contribution in [0.1, 0.15) is 37.1 Å². The number of nitrogens with zero attached hydrogens (tertiary/aromatic N) is 5. The molecule has 146 valence electrons. The first-order valence-electron chi connectivity index (χ1n) is 10.3. The number of likely N-dealkylation sites (tertiary alicyclic amines) is 2. The Morgan fingerprint density at radius 1 is 1.22 bits per heavy atom. The molecule has 0 bridgehead atoms. The van der Waals surface area contributed by atoms with Crippen molar-refractivity contribution >= 4 is 11.6 Å². The standard InChI is InChI=1S/C21H32N6/c1-17-7-6-8-20-24-19(16-27(17)20)13-23-21(22-2)26-12-9-18(15-26)14-25-10-4-3-5-11-25/h6-8,16,18H,3-5,9-15H2,1-2H3,(H,22,23). The van der Waals surface area contributed by atoms with Crippen LogP contribution in [-0.2, 0) is 6.54 Å². The SMILES string of the molecule is CN=C(NCc1cn2c(C)cccc2n1)N1CCC(CN2CCCCC2)C1. The first kappa shape index (κ1) is 18.3. The molecule has 0 spiro atoms. The van der Waals surface area contributed by atoms with E-state index >= 15 is 0 Å². The second-order valence-corrected chi connectivity index (χ2v) is 7.99. The fraction of sp³-hybridized carbons (Fsp3) is 0.619. The van der Waals surface area contributed by atoms with E-state index in [1.54, 1.807) is 0 Å². The van der Waals surface area contributed by atoms with Gasteiger partial charge in [0, 0.05) is 38.6 Å². The van der Waals surface area contributed by atoms with Gasteiger partial charge in [0.2, 0.25) is 0 Å². The zero-order valence-corrected chi connectivity index (χ0v) is 16.7. The van der Waals surface area contributed by atoms with E-state index in [0.29, 0.717) is 6.54 Å². The van der Waals surface area contributed by atoms with Gasteiger partial charge in [-0.3, -0.25) is 4.99 Å². The van der Waals surface area contributed by atoms with Crippen molar-refractivity contribution in [2.75, 3.05) is 39.8 Å². The van der Waals surface area contributed by atoms with E-state index in [2.05, 4.69) is 55.8 Å². The topological polar surface area (TPSA) is 48.2 Å². The first-order valence-corrected chi connectivity index (χ1v) is 10.3. The summed E-state index contributed by atoms with van der Waals surface area (Å²) in [7, 11) is 1.88. The summed E-state index contributed by atoms with van der Waals surface area (Å²) in [6.45, 7) is 8.86. The van der Waals surface area contributed by atoms with Gasteiger partial charge in [-0.2, -0.15) is 0 Å². The summed E-state index contributed by atoms with van der Waals surface area (Å²) in [5.41, 5.74) is 3.26. The Labute approximate surface area is 162 Å². The molecule has 2 saturated heterocycles. The third-order valence-electron chi connectivity index (χ3n) is 5.94. The largest absolute Gasteiger partial charge is 0.351 e. The lowest BCUT2D eigenvalue weighted by atomic mass is 10.1. The lowest BCUT2D eigenvalue weighted by Crippen LogP contribution is -2.41. The smallest absolute Gasteiger partial charge is 0.193 e. The molecule has 0 saturated carbocycles. The number of piperidine rings is 1. The van der Waals surface area contributed by atoms with Crippen LogP contribution >= 0.6 is 0 Å². The summed E-state index contributed by atoms with van der Waals surface area (Å²) >= 11 is 0. The highest BCUT2D eigenvalue weighted by Crippen LogP contribution is 2.20. The maximum atomic E-state index is 4.72. The summed E-state index contributed by atoms with van der Waals surface area (Å²) in [6, 6.07) is 6.22. The number of nitrogens with one attached hydrogen (secondary N) is 1. The monoisotopic (exact) mass is 368 g/mol. The van der Waals surface area contributed by atoms with Crippen molar-refractivity contribution in [3.05, 3.63) is 35.8 Å². The van der Waals surface area contributed by atoms with Crippen LogP contribution in [0.2, 0.25) is 0 Å². The summed E-state index contributed by atoms with van der Waals surface area (Å²) in [5, 5.41) is 3.52. The normalized spacial score (nSPS) is 21.9. The first-order chi connectivity index (χ1) is 13.2. The zero-order chi connectivity index (χ0) is 18.6. The molecule has 4 rings (SSSR count). The number of guanidine groups is 1. The Morgan fingerprint density at radius 2 is 2.07 bits per heavy atom. The molecular weight excluding hydrogens is 336 g/mol. The maximum Gasteiger partial charge on any atom is 0.193 e. The van der Waals surface area contributed by atoms with Crippen molar-refractivity contribution < 1.29 is 0 Å². The molecule has 27 heavy (non-hydrogen) atoms. The predicted molar refractivity (Wildman–Crippen MR) is 110 cm³/mol. The fourth-order valence-electron chi connectivity index (χ4n) is 4.47.